The summed E-state index contributed by atoms with van der Waals surface area (Å²) in [6.45, 7) is 7.41. The minimum Gasteiger partial charge on any atom is -0.384 e. The second-order valence-corrected chi connectivity index (χ2v) is 6.17. The van der Waals surface area contributed by atoms with E-state index in [-0.39, 0.29) is 5.41 Å². The van der Waals surface area contributed by atoms with E-state index in [1.165, 1.54) is 22.4 Å². The first-order chi connectivity index (χ1) is 8.99. The first kappa shape index (κ1) is 12.3. The minimum atomic E-state index is 0.170. The number of aryl methyl sites for hydroxylation is 2. The molecule has 1 heterocycles. The molecule has 100 valence electrons. The Kier molecular flexibility index (Phi) is 2.66. The molecular weight excluding hydrogens is 234 g/mol. The monoisotopic (exact) mass is 255 g/mol. The van der Waals surface area contributed by atoms with Crippen molar-refractivity contribution in [1.29, 1.82) is 0 Å². The van der Waals surface area contributed by atoms with Gasteiger partial charge in [-0.05, 0) is 36.3 Å². The fourth-order valence-corrected chi connectivity index (χ4v) is 3.06. The van der Waals surface area contributed by atoms with E-state index in [1.54, 1.807) is 0 Å². The van der Waals surface area contributed by atoms with Crippen LogP contribution in [0.25, 0.3) is 0 Å². The zero-order valence-corrected chi connectivity index (χ0v) is 11.9. The summed E-state index contributed by atoms with van der Waals surface area (Å²) in [5.41, 5.74) is 11.5. The van der Waals surface area contributed by atoms with Gasteiger partial charge in [-0.2, -0.15) is 5.10 Å². The molecule has 2 aromatic rings. The maximum Gasteiger partial charge on any atom is 0.126 e. The summed E-state index contributed by atoms with van der Waals surface area (Å²) in [7, 11) is 0. The Balaban J connectivity index is 1.99. The number of hydrogen-bond acceptors (Lipinski definition) is 2. The van der Waals surface area contributed by atoms with E-state index in [1.807, 2.05) is 4.68 Å². The third kappa shape index (κ3) is 1.93. The van der Waals surface area contributed by atoms with Gasteiger partial charge in [-0.1, -0.05) is 38.1 Å². The zero-order chi connectivity index (χ0) is 13.6. The van der Waals surface area contributed by atoms with Crippen molar-refractivity contribution in [1.82, 2.24) is 9.78 Å². The van der Waals surface area contributed by atoms with E-state index in [4.69, 9.17) is 10.8 Å². The standard InChI is InChI=1S/C16H21N3/c1-11-6-4-5-7-12(11)10-19-15(17)14-13(18-19)8-9-16(14,2)3/h4-7H,8-10,17H2,1-3H3. The third-order valence-electron chi connectivity index (χ3n) is 4.31. The maximum absolute atomic E-state index is 6.33. The van der Waals surface area contributed by atoms with E-state index in [9.17, 15) is 0 Å². The van der Waals surface area contributed by atoms with Crippen molar-refractivity contribution >= 4 is 5.82 Å². The molecule has 19 heavy (non-hydrogen) atoms. The predicted molar refractivity (Wildman–Crippen MR) is 78.3 cm³/mol. The molecule has 0 saturated heterocycles. The van der Waals surface area contributed by atoms with Gasteiger partial charge in [0.25, 0.3) is 0 Å². The predicted octanol–water partition coefficient (Wildman–Crippen LogP) is 3.05. The zero-order valence-electron chi connectivity index (χ0n) is 11.9. The van der Waals surface area contributed by atoms with Crippen molar-refractivity contribution in [2.45, 2.75) is 45.6 Å². The van der Waals surface area contributed by atoms with Gasteiger partial charge in [0.1, 0.15) is 5.82 Å². The summed E-state index contributed by atoms with van der Waals surface area (Å²) < 4.78 is 1.97. The van der Waals surface area contributed by atoms with Gasteiger partial charge in [-0.25, -0.2) is 4.68 Å². The van der Waals surface area contributed by atoms with E-state index in [2.05, 4.69) is 45.0 Å². The molecule has 0 bridgehead atoms. The van der Waals surface area contributed by atoms with E-state index >= 15 is 0 Å². The topological polar surface area (TPSA) is 43.8 Å². The van der Waals surface area contributed by atoms with Gasteiger partial charge in [0.2, 0.25) is 0 Å². The Morgan fingerprint density at radius 2 is 2.05 bits per heavy atom. The quantitative estimate of drug-likeness (QED) is 0.896. The molecule has 0 fully saturated rings. The fourth-order valence-electron chi connectivity index (χ4n) is 3.06. The van der Waals surface area contributed by atoms with Crippen molar-refractivity contribution in [3.63, 3.8) is 0 Å². The van der Waals surface area contributed by atoms with Crippen molar-refractivity contribution in [2.75, 3.05) is 5.73 Å². The van der Waals surface area contributed by atoms with E-state index in [0.717, 1.165) is 25.2 Å². The normalized spacial score (nSPS) is 16.6. The summed E-state index contributed by atoms with van der Waals surface area (Å²) in [5, 5.41) is 4.71. The third-order valence-corrected chi connectivity index (χ3v) is 4.31. The fraction of sp³-hybridized carbons (Fsp3) is 0.438. The van der Waals surface area contributed by atoms with Crippen LogP contribution < -0.4 is 5.73 Å². The highest BCUT2D eigenvalue weighted by atomic mass is 15.3. The van der Waals surface area contributed by atoms with Gasteiger partial charge in [-0.3, -0.25) is 0 Å². The van der Waals surface area contributed by atoms with Gasteiger partial charge in [0.05, 0.1) is 12.2 Å². The lowest BCUT2D eigenvalue weighted by molar-refractivity contribution is 0.515. The van der Waals surface area contributed by atoms with Crippen LogP contribution in [-0.4, -0.2) is 9.78 Å². The SMILES string of the molecule is Cc1ccccc1Cn1nc2c(c1N)C(C)(C)CC2. The number of nitrogen functional groups attached to an aromatic ring is 1. The minimum absolute atomic E-state index is 0.170. The molecule has 0 saturated carbocycles. The number of fused-ring (bicyclic) bond motifs is 1. The van der Waals surface area contributed by atoms with Gasteiger partial charge in [0, 0.05) is 5.56 Å². The van der Waals surface area contributed by atoms with Crippen LogP contribution in [0.4, 0.5) is 5.82 Å². The Bertz CT molecular complexity index is 623. The van der Waals surface area contributed by atoms with Crippen LogP contribution in [0.3, 0.4) is 0 Å². The number of anilines is 1. The molecule has 0 atom stereocenters. The van der Waals surface area contributed by atoms with Crippen molar-refractivity contribution < 1.29 is 0 Å². The molecule has 0 spiro atoms. The molecule has 1 aliphatic rings. The molecule has 0 radical (unpaired) electrons. The lowest BCUT2D eigenvalue weighted by Gasteiger charge is -2.19. The number of benzene rings is 1. The summed E-state index contributed by atoms with van der Waals surface area (Å²) in [6, 6.07) is 8.41. The Hall–Kier alpha value is -1.77. The average molecular weight is 255 g/mol. The molecule has 1 aliphatic carbocycles. The largest absolute Gasteiger partial charge is 0.384 e. The molecule has 0 aliphatic heterocycles. The van der Waals surface area contributed by atoms with Gasteiger partial charge >= 0.3 is 0 Å². The average Bonchev–Trinajstić information content (AvgIpc) is 2.82. The lowest BCUT2D eigenvalue weighted by atomic mass is 9.87. The summed E-state index contributed by atoms with van der Waals surface area (Å²) in [5.74, 6) is 0.848. The van der Waals surface area contributed by atoms with Crippen LogP contribution in [0.15, 0.2) is 24.3 Å². The molecule has 3 heteroatoms. The second-order valence-electron chi connectivity index (χ2n) is 6.17. The highest BCUT2D eigenvalue weighted by molar-refractivity contribution is 5.51. The first-order valence-electron chi connectivity index (χ1n) is 6.89. The summed E-state index contributed by atoms with van der Waals surface area (Å²) in [4.78, 5) is 0. The number of nitrogens with zero attached hydrogens (tertiary/aromatic N) is 2. The molecule has 0 amide bonds. The number of rotatable bonds is 2. The number of nitrogens with two attached hydrogens (primary N) is 1. The van der Waals surface area contributed by atoms with Crippen LogP contribution in [0, 0.1) is 6.92 Å². The number of hydrogen-bond donors (Lipinski definition) is 1. The Morgan fingerprint density at radius 3 is 2.74 bits per heavy atom. The van der Waals surface area contributed by atoms with Crippen LogP contribution >= 0.6 is 0 Å². The molecular formula is C16H21N3. The first-order valence-corrected chi connectivity index (χ1v) is 6.89. The van der Waals surface area contributed by atoms with Crippen LogP contribution in [0.5, 0.6) is 0 Å². The highest BCUT2D eigenvalue weighted by Gasteiger charge is 2.35. The second kappa shape index (κ2) is 4.12. The molecule has 1 aromatic heterocycles. The summed E-state index contributed by atoms with van der Waals surface area (Å²) >= 11 is 0. The van der Waals surface area contributed by atoms with Crippen molar-refractivity contribution in [3.05, 3.63) is 46.6 Å². The van der Waals surface area contributed by atoms with E-state index < -0.39 is 0 Å². The van der Waals surface area contributed by atoms with Crippen LogP contribution in [-0.2, 0) is 18.4 Å². The van der Waals surface area contributed by atoms with Crippen LogP contribution in [0.2, 0.25) is 0 Å². The summed E-state index contributed by atoms with van der Waals surface area (Å²) in [6.07, 6.45) is 2.20. The Morgan fingerprint density at radius 1 is 1.32 bits per heavy atom. The molecule has 0 unspecified atom stereocenters. The molecule has 3 rings (SSSR count). The van der Waals surface area contributed by atoms with Gasteiger partial charge in [0.15, 0.2) is 0 Å². The van der Waals surface area contributed by atoms with Crippen LogP contribution in [0.1, 0.15) is 42.7 Å². The smallest absolute Gasteiger partial charge is 0.126 e. The molecule has 1 aromatic carbocycles. The molecule has 3 nitrogen and oxygen atoms in total. The van der Waals surface area contributed by atoms with Crippen molar-refractivity contribution in [2.24, 2.45) is 0 Å². The Labute approximate surface area is 114 Å². The molecule has 2 N–H and O–H groups in total. The highest BCUT2D eigenvalue weighted by Crippen LogP contribution is 2.41. The van der Waals surface area contributed by atoms with Gasteiger partial charge < -0.3 is 5.73 Å². The lowest BCUT2D eigenvalue weighted by Crippen LogP contribution is -2.16. The maximum atomic E-state index is 6.33. The van der Waals surface area contributed by atoms with Crippen molar-refractivity contribution in [3.8, 4) is 0 Å². The number of aromatic nitrogens is 2. The van der Waals surface area contributed by atoms with E-state index in [0.29, 0.717) is 0 Å². The van der Waals surface area contributed by atoms with Gasteiger partial charge in [-0.15, -0.1) is 0 Å².